The molecule has 198 valence electrons. The van der Waals surface area contributed by atoms with Gasteiger partial charge >= 0.3 is 0 Å². The van der Waals surface area contributed by atoms with Crippen molar-refractivity contribution >= 4 is 17.6 Å². The molecule has 3 aromatic rings. The summed E-state index contributed by atoms with van der Waals surface area (Å²) in [6.45, 7) is 7.77. The normalized spacial score (nSPS) is 16.3. The monoisotopic (exact) mass is 511 g/mol. The minimum absolute atomic E-state index is 0.0438. The van der Waals surface area contributed by atoms with Gasteiger partial charge in [-0.25, -0.2) is 0 Å². The Kier molecular flexibility index (Phi) is 8.01. The zero-order chi connectivity index (χ0) is 26.5. The highest BCUT2D eigenvalue weighted by Gasteiger charge is 2.35. The number of piperazine rings is 1. The van der Waals surface area contributed by atoms with Gasteiger partial charge < -0.3 is 14.7 Å². The topological polar surface area (TPSA) is 69.6 Å². The number of carbonyl (C=O) groups excluding carboxylic acids is 2. The summed E-state index contributed by atoms with van der Waals surface area (Å²) in [4.78, 5) is 31.7. The van der Waals surface area contributed by atoms with Crippen LogP contribution >= 0.6 is 0 Å². The van der Waals surface area contributed by atoms with Crippen LogP contribution < -0.4 is 4.90 Å². The molecule has 1 saturated heterocycles. The SMILES string of the molecule is CCC(C)CN(CC(=O)N1CCN(c2ccc(-c3ccc(-c4ccccc4)cc3)nn2)CC1)C(=O)C1CC1. The van der Waals surface area contributed by atoms with Gasteiger partial charge in [-0.3, -0.25) is 9.59 Å². The van der Waals surface area contributed by atoms with Gasteiger partial charge in [0.05, 0.1) is 12.2 Å². The summed E-state index contributed by atoms with van der Waals surface area (Å²) in [5.41, 5.74) is 4.23. The van der Waals surface area contributed by atoms with Crippen LogP contribution in [0.15, 0.2) is 66.7 Å². The van der Waals surface area contributed by atoms with E-state index in [-0.39, 0.29) is 24.3 Å². The summed E-state index contributed by atoms with van der Waals surface area (Å²) in [6, 6.07) is 22.7. The van der Waals surface area contributed by atoms with Gasteiger partial charge in [0.1, 0.15) is 0 Å². The summed E-state index contributed by atoms with van der Waals surface area (Å²) in [7, 11) is 0. The molecule has 1 atom stereocenters. The highest BCUT2D eigenvalue weighted by molar-refractivity contribution is 5.87. The van der Waals surface area contributed by atoms with E-state index in [1.54, 1.807) is 4.90 Å². The number of hydrogen-bond acceptors (Lipinski definition) is 5. The smallest absolute Gasteiger partial charge is 0.242 e. The van der Waals surface area contributed by atoms with Crippen LogP contribution in [0.1, 0.15) is 33.1 Å². The minimum atomic E-state index is 0.0438. The molecule has 1 aliphatic carbocycles. The molecule has 1 saturated carbocycles. The van der Waals surface area contributed by atoms with Crippen LogP contribution in [-0.4, -0.2) is 71.1 Å². The lowest BCUT2D eigenvalue weighted by Crippen LogP contribution is -2.52. The highest BCUT2D eigenvalue weighted by Crippen LogP contribution is 2.31. The summed E-state index contributed by atoms with van der Waals surface area (Å²) < 4.78 is 0. The first-order chi connectivity index (χ1) is 18.5. The van der Waals surface area contributed by atoms with Crippen molar-refractivity contribution in [2.24, 2.45) is 11.8 Å². The molecule has 38 heavy (non-hydrogen) atoms. The second kappa shape index (κ2) is 11.8. The first-order valence-corrected chi connectivity index (χ1v) is 13.8. The molecule has 2 aliphatic rings. The number of carbonyl (C=O) groups is 2. The molecule has 2 aromatic carbocycles. The average molecular weight is 512 g/mol. The molecule has 7 nitrogen and oxygen atoms in total. The number of aromatic nitrogens is 2. The summed E-state index contributed by atoms with van der Waals surface area (Å²) >= 11 is 0. The van der Waals surface area contributed by atoms with Crippen molar-refractivity contribution in [1.82, 2.24) is 20.0 Å². The number of nitrogens with zero attached hydrogens (tertiary/aromatic N) is 5. The predicted molar refractivity (Wildman–Crippen MR) is 150 cm³/mol. The molecule has 0 bridgehead atoms. The quantitative estimate of drug-likeness (QED) is 0.415. The Balaban J connectivity index is 1.15. The van der Waals surface area contributed by atoms with Crippen LogP contribution in [0.3, 0.4) is 0 Å². The van der Waals surface area contributed by atoms with E-state index in [1.165, 1.54) is 11.1 Å². The second-order valence-electron chi connectivity index (χ2n) is 10.6. The first-order valence-electron chi connectivity index (χ1n) is 13.8. The molecular formula is C31H37N5O2. The lowest BCUT2D eigenvalue weighted by atomic mass is 10.0. The van der Waals surface area contributed by atoms with Gasteiger partial charge in [-0.1, -0.05) is 74.9 Å². The highest BCUT2D eigenvalue weighted by atomic mass is 16.2. The molecule has 7 heteroatoms. The molecule has 1 unspecified atom stereocenters. The number of hydrogen-bond donors (Lipinski definition) is 0. The van der Waals surface area contributed by atoms with Crippen LogP contribution in [0.5, 0.6) is 0 Å². The Labute approximate surface area is 225 Å². The van der Waals surface area contributed by atoms with Gasteiger partial charge in [0.25, 0.3) is 0 Å². The van der Waals surface area contributed by atoms with Crippen LogP contribution in [0.2, 0.25) is 0 Å². The fourth-order valence-electron chi connectivity index (χ4n) is 4.89. The van der Waals surface area contributed by atoms with E-state index in [0.29, 0.717) is 38.6 Å². The summed E-state index contributed by atoms with van der Waals surface area (Å²) in [5, 5.41) is 8.97. The maximum atomic E-state index is 13.1. The largest absolute Gasteiger partial charge is 0.352 e. The number of amides is 2. The van der Waals surface area contributed by atoms with Crippen molar-refractivity contribution in [3.8, 4) is 22.4 Å². The van der Waals surface area contributed by atoms with Crippen molar-refractivity contribution in [3.63, 3.8) is 0 Å². The molecule has 2 amide bonds. The van der Waals surface area contributed by atoms with E-state index in [9.17, 15) is 9.59 Å². The van der Waals surface area contributed by atoms with E-state index in [4.69, 9.17) is 0 Å². The van der Waals surface area contributed by atoms with Crippen molar-refractivity contribution in [2.45, 2.75) is 33.1 Å². The Morgan fingerprint density at radius 1 is 0.868 bits per heavy atom. The Bertz CT molecular complexity index is 1220. The van der Waals surface area contributed by atoms with Crippen LogP contribution in [0.25, 0.3) is 22.4 Å². The van der Waals surface area contributed by atoms with E-state index in [1.807, 2.05) is 35.2 Å². The van der Waals surface area contributed by atoms with Crippen LogP contribution in [0, 0.1) is 11.8 Å². The second-order valence-corrected chi connectivity index (χ2v) is 10.6. The number of anilines is 1. The number of benzene rings is 2. The van der Waals surface area contributed by atoms with Gasteiger partial charge in [0, 0.05) is 44.2 Å². The third-order valence-corrected chi connectivity index (χ3v) is 7.69. The maximum absolute atomic E-state index is 13.1. The van der Waals surface area contributed by atoms with E-state index in [0.717, 1.165) is 36.3 Å². The van der Waals surface area contributed by atoms with Crippen LogP contribution in [0.4, 0.5) is 5.82 Å². The third-order valence-electron chi connectivity index (χ3n) is 7.69. The van der Waals surface area contributed by atoms with Gasteiger partial charge in [-0.15, -0.1) is 10.2 Å². The molecule has 2 heterocycles. The average Bonchev–Trinajstić information content (AvgIpc) is 3.83. The third kappa shape index (κ3) is 6.21. The molecule has 2 fully saturated rings. The Hall–Kier alpha value is -3.74. The van der Waals surface area contributed by atoms with E-state index >= 15 is 0 Å². The zero-order valence-electron chi connectivity index (χ0n) is 22.4. The Morgan fingerprint density at radius 2 is 1.53 bits per heavy atom. The van der Waals surface area contributed by atoms with E-state index in [2.05, 4.69) is 65.3 Å². The molecule has 0 spiro atoms. The molecule has 1 aromatic heterocycles. The summed E-state index contributed by atoms with van der Waals surface area (Å²) in [5.74, 6) is 1.55. The zero-order valence-corrected chi connectivity index (χ0v) is 22.4. The standard InChI is InChI=1S/C31H37N5O2/c1-3-23(2)21-36(31(38)27-13-14-27)22-30(37)35-19-17-34(18-20-35)29-16-15-28(32-33-29)26-11-9-25(10-12-26)24-7-5-4-6-8-24/h4-12,15-16,23,27H,3,13-14,17-22H2,1-2H3. The first kappa shape index (κ1) is 25.9. The fourth-order valence-corrected chi connectivity index (χ4v) is 4.89. The fraction of sp³-hybridized carbons (Fsp3) is 0.419. The Morgan fingerprint density at radius 3 is 2.13 bits per heavy atom. The molecule has 0 radical (unpaired) electrons. The van der Waals surface area contributed by atoms with Crippen molar-refractivity contribution < 1.29 is 9.59 Å². The maximum Gasteiger partial charge on any atom is 0.242 e. The van der Waals surface area contributed by atoms with Crippen molar-refractivity contribution in [2.75, 3.05) is 44.2 Å². The van der Waals surface area contributed by atoms with Crippen molar-refractivity contribution in [3.05, 3.63) is 66.7 Å². The lowest BCUT2D eigenvalue weighted by molar-refractivity contribution is -0.142. The molecule has 1 aliphatic heterocycles. The van der Waals surface area contributed by atoms with Gasteiger partial charge in [-0.05, 0) is 42.0 Å². The minimum Gasteiger partial charge on any atom is -0.352 e. The van der Waals surface area contributed by atoms with E-state index < -0.39 is 0 Å². The molecule has 0 N–H and O–H groups in total. The van der Waals surface area contributed by atoms with Gasteiger partial charge in [-0.2, -0.15) is 0 Å². The van der Waals surface area contributed by atoms with Gasteiger partial charge in [0.2, 0.25) is 11.8 Å². The number of rotatable bonds is 9. The van der Waals surface area contributed by atoms with Crippen LogP contribution in [-0.2, 0) is 9.59 Å². The predicted octanol–water partition coefficient (Wildman–Crippen LogP) is 4.74. The lowest BCUT2D eigenvalue weighted by Gasteiger charge is -2.36. The van der Waals surface area contributed by atoms with Gasteiger partial charge in [0.15, 0.2) is 5.82 Å². The van der Waals surface area contributed by atoms with Crippen molar-refractivity contribution in [1.29, 1.82) is 0 Å². The molecular weight excluding hydrogens is 474 g/mol. The molecule has 5 rings (SSSR count). The summed E-state index contributed by atoms with van der Waals surface area (Å²) in [6.07, 6.45) is 2.92.